The van der Waals surface area contributed by atoms with Crippen LogP contribution < -0.4 is 10.1 Å². The lowest BCUT2D eigenvalue weighted by Gasteiger charge is -2.32. The SMILES string of the molecule is COc1ccc2nccc(CCC3OCC(NC(=O)C4CCC(O)CC4)CO3)c2c1. The number of aryl methyl sites for hydroxylation is 1. The monoisotopic (exact) mass is 414 g/mol. The zero-order chi connectivity index (χ0) is 20.9. The highest BCUT2D eigenvalue weighted by Gasteiger charge is 2.29. The van der Waals surface area contributed by atoms with E-state index in [-0.39, 0.29) is 30.3 Å². The van der Waals surface area contributed by atoms with Crippen LogP contribution in [0.5, 0.6) is 5.75 Å². The number of aliphatic hydroxyl groups is 1. The Balaban J connectivity index is 1.25. The molecular formula is C23H30N2O5. The predicted octanol–water partition coefficient (Wildman–Crippen LogP) is 2.58. The van der Waals surface area contributed by atoms with Gasteiger partial charge >= 0.3 is 0 Å². The fraction of sp³-hybridized carbons (Fsp3) is 0.565. The largest absolute Gasteiger partial charge is 0.497 e. The number of pyridine rings is 1. The van der Waals surface area contributed by atoms with E-state index in [0.717, 1.165) is 42.3 Å². The summed E-state index contributed by atoms with van der Waals surface area (Å²) in [5.41, 5.74) is 2.12. The fourth-order valence-electron chi connectivity index (χ4n) is 4.25. The van der Waals surface area contributed by atoms with Crippen molar-refractivity contribution in [2.45, 2.75) is 57.0 Å². The summed E-state index contributed by atoms with van der Waals surface area (Å²) in [6.07, 6.45) is 5.72. The van der Waals surface area contributed by atoms with Gasteiger partial charge in [-0.1, -0.05) is 0 Å². The lowest BCUT2D eigenvalue weighted by molar-refractivity contribution is -0.193. The van der Waals surface area contributed by atoms with Gasteiger partial charge < -0.3 is 24.6 Å². The molecule has 1 aromatic carbocycles. The molecule has 0 atom stereocenters. The molecule has 0 radical (unpaired) electrons. The molecule has 2 N–H and O–H groups in total. The minimum atomic E-state index is -0.281. The third kappa shape index (κ3) is 5.09. The van der Waals surface area contributed by atoms with Crippen molar-refractivity contribution in [1.29, 1.82) is 0 Å². The average Bonchev–Trinajstić information content (AvgIpc) is 2.78. The van der Waals surface area contributed by atoms with E-state index < -0.39 is 0 Å². The van der Waals surface area contributed by atoms with Crippen LogP contribution in [0.15, 0.2) is 30.5 Å². The van der Waals surface area contributed by atoms with Crippen LogP contribution in [-0.4, -0.2) is 54.8 Å². The molecule has 1 saturated carbocycles. The number of hydrogen-bond donors (Lipinski definition) is 2. The third-order valence-electron chi connectivity index (χ3n) is 6.07. The molecule has 1 aliphatic carbocycles. The summed E-state index contributed by atoms with van der Waals surface area (Å²) in [6.45, 7) is 0.910. The first-order valence-electron chi connectivity index (χ1n) is 10.8. The first-order valence-corrected chi connectivity index (χ1v) is 10.8. The van der Waals surface area contributed by atoms with E-state index in [0.29, 0.717) is 26.1 Å². The number of benzene rings is 1. The van der Waals surface area contributed by atoms with Gasteiger partial charge in [0, 0.05) is 23.9 Å². The number of rotatable bonds is 6. The van der Waals surface area contributed by atoms with Gasteiger partial charge in [-0.25, -0.2) is 0 Å². The zero-order valence-electron chi connectivity index (χ0n) is 17.4. The molecule has 0 bridgehead atoms. The molecule has 7 heteroatoms. The standard InChI is InChI=1S/C23H30N2O5/c1-28-19-7-8-21-20(12-19)15(10-11-24-21)4-9-22-29-13-17(14-30-22)25-23(27)16-2-5-18(26)6-3-16/h7-8,10-12,16-18,22,26H,2-6,9,13-14H2,1H3,(H,25,27). The Bertz CT molecular complexity index is 858. The quantitative estimate of drug-likeness (QED) is 0.755. The number of fused-ring (bicyclic) bond motifs is 1. The highest BCUT2D eigenvalue weighted by molar-refractivity contribution is 5.83. The number of carbonyl (C=O) groups excluding carboxylic acids is 1. The molecular weight excluding hydrogens is 384 g/mol. The minimum Gasteiger partial charge on any atom is -0.497 e. The highest BCUT2D eigenvalue weighted by atomic mass is 16.7. The molecule has 0 unspecified atom stereocenters. The fourth-order valence-corrected chi connectivity index (χ4v) is 4.25. The van der Waals surface area contributed by atoms with Crippen molar-refractivity contribution in [3.63, 3.8) is 0 Å². The molecule has 30 heavy (non-hydrogen) atoms. The maximum absolute atomic E-state index is 12.4. The van der Waals surface area contributed by atoms with E-state index in [2.05, 4.69) is 10.3 Å². The van der Waals surface area contributed by atoms with Crippen LogP contribution in [0.25, 0.3) is 10.9 Å². The third-order valence-corrected chi connectivity index (χ3v) is 6.07. The molecule has 162 valence electrons. The van der Waals surface area contributed by atoms with Crippen molar-refractivity contribution < 1.29 is 24.1 Å². The molecule has 7 nitrogen and oxygen atoms in total. The summed E-state index contributed by atoms with van der Waals surface area (Å²) < 4.78 is 17.1. The Morgan fingerprint density at radius 1 is 1.20 bits per heavy atom. The van der Waals surface area contributed by atoms with Gasteiger partial charge in [0.15, 0.2) is 6.29 Å². The zero-order valence-corrected chi connectivity index (χ0v) is 17.4. The maximum Gasteiger partial charge on any atom is 0.223 e. The van der Waals surface area contributed by atoms with E-state index in [1.807, 2.05) is 30.5 Å². The molecule has 1 aromatic heterocycles. The number of amides is 1. The number of methoxy groups -OCH3 is 1. The molecule has 2 fully saturated rings. The molecule has 1 amide bonds. The molecule has 4 rings (SSSR count). The summed E-state index contributed by atoms with van der Waals surface area (Å²) in [5.74, 6) is 0.853. The number of ether oxygens (including phenoxy) is 3. The lowest BCUT2D eigenvalue weighted by atomic mass is 9.87. The van der Waals surface area contributed by atoms with Crippen molar-refractivity contribution in [2.75, 3.05) is 20.3 Å². The average molecular weight is 415 g/mol. The van der Waals surface area contributed by atoms with Gasteiger partial charge in [-0.15, -0.1) is 0 Å². The van der Waals surface area contributed by atoms with Crippen molar-refractivity contribution in [1.82, 2.24) is 10.3 Å². The van der Waals surface area contributed by atoms with Gasteiger partial charge in [-0.05, 0) is 61.9 Å². The van der Waals surface area contributed by atoms with Crippen LogP contribution in [0.2, 0.25) is 0 Å². The van der Waals surface area contributed by atoms with Gasteiger partial charge in [-0.3, -0.25) is 9.78 Å². The molecule has 0 spiro atoms. The van der Waals surface area contributed by atoms with Gasteiger partial charge in [0.1, 0.15) is 5.75 Å². The second kappa shape index (κ2) is 9.73. The van der Waals surface area contributed by atoms with Gasteiger partial charge in [0.05, 0.1) is 38.0 Å². The number of nitrogens with zero attached hydrogens (tertiary/aromatic N) is 1. The first kappa shape index (κ1) is 21.0. The molecule has 1 saturated heterocycles. The minimum absolute atomic E-state index is 0.0110. The molecule has 2 aromatic rings. The Labute approximate surface area is 176 Å². The number of aromatic nitrogens is 1. The normalized spacial score (nSPS) is 27.0. The summed E-state index contributed by atoms with van der Waals surface area (Å²) in [5, 5.41) is 13.7. The second-order valence-corrected chi connectivity index (χ2v) is 8.20. The van der Waals surface area contributed by atoms with E-state index in [1.54, 1.807) is 7.11 Å². The summed E-state index contributed by atoms with van der Waals surface area (Å²) in [7, 11) is 1.66. The Hall–Kier alpha value is -2.22. The number of aliphatic hydroxyl groups excluding tert-OH is 1. The van der Waals surface area contributed by atoms with Crippen molar-refractivity contribution in [3.05, 3.63) is 36.0 Å². The molecule has 1 aliphatic heterocycles. The maximum atomic E-state index is 12.4. The Kier molecular flexibility index (Phi) is 6.82. The Morgan fingerprint density at radius 2 is 1.97 bits per heavy atom. The van der Waals surface area contributed by atoms with Crippen LogP contribution in [-0.2, 0) is 20.7 Å². The van der Waals surface area contributed by atoms with E-state index in [1.165, 1.54) is 5.56 Å². The van der Waals surface area contributed by atoms with E-state index in [9.17, 15) is 9.90 Å². The summed E-state index contributed by atoms with van der Waals surface area (Å²) >= 11 is 0. The van der Waals surface area contributed by atoms with E-state index >= 15 is 0 Å². The highest BCUT2D eigenvalue weighted by Crippen LogP contribution is 2.26. The molecule has 2 heterocycles. The topological polar surface area (TPSA) is 89.9 Å². The van der Waals surface area contributed by atoms with Crippen molar-refractivity contribution >= 4 is 16.8 Å². The lowest BCUT2D eigenvalue weighted by Crippen LogP contribution is -2.49. The Morgan fingerprint density at radius 3 is 2.70 bits per heavy atom. The summed E-state index contributed by atoms with van der Waals surface area (Å²) in [4.78, 5) is 16.8. The van der Waals surface area contributed by atoms with Crippen LogP contribution in [0.1, 0.15) is 37.7 Å². The molecule has 2 aliphatic rings. The van der Waals surface area contributed by atoms with Gasteiger partial charge in [-0.2, -0.15) is 0 Å². The number of carbonyl (C=O) groups is 1. The number of nitrogens with one attached hydrogen (secondary N) is 1. The number of hydrogen-bond acceptors (Lipinski definition) is 6. The van der Waals surface area contributed by atoms with Crippen LogP contribution >= 0.6 is 0 Å². The second-order valence-electron chi connectivity index (χ2n) is 8.20. The van der Waals surface area contributed by atoms with Crippen LogP contribution in [0.3, 0.4) is 0 Å². The predicted molar refractivity (Wildman–Crippen MR) is 112 cm³/mol. The van der Waals surface area contributed by atoms with Gasteiger partial charge in [0.25, 0.3) is 0 Å². The first-order chi connectivity index (χ1) is 14.6. The smallest absolute Gasteiger partial charge is 0.223 e. The van der Waals surface area contributed by atoms with Gasteiger partial charge in [0.2, 0.25) is 5.91 Å². The summed E-state index contributed by atoms with van der Waals surface area (Å²) in [6, 6.07) is 7.79. The van der Waals surface area contributed by atoms with Crippen LogP contribution in [0.4, 0.5) is 0 Å². The van der Waals surface area contributed by atoms with Crippen molar-refractivity contribution in [3.8, 4) is 5.75 Å². The van der Waals surface area contributed by atoms with Crippen LogP contribution in [0, 0.1) is 5.92 Å². The van der Waals surface area contributed by atoms with E-state index in [4.69, 9.17) is 14.2 Å². The van der Waals surface area contributed by atoms with Crippen molar-refractivity contribution in [2.24, 2.45) is 5.92 Å².